The van der Waals surface area contributed by atoms with Crippen molar-refractivity contribution in [3.05, 3.63) is 52.7 Å². The third-order valence-electron chi connectivity index (χ3n) is 2.87. The van der Waals surface area contributed by atoms with Gasteiger partial charge in [-0.1, -0.05) is 11.6 Å². The molecule has 8 heteroatoms. The van der Waals surface area contributed by atoms with E-state index in [2.05, 4.69) is 9.97 Å². The molecule has 0 fully saturated rings. The minimum Gasteiger partial charge on any atom is -0.276 e. The van der Waals surface area contributed by atoms with Gasteiger partial charge in [-0.15, -0.1) is 11.6 Å². The molecule has 0 spiro atoms. The second-order valence-corrected chi connectivity index (χ2v) is 4.92. The van der Waals surface area contributed by atoms with Crippen LogP contribution in [-0.2, 0) is 5.88 Å². The second-order valence-electron chi connectivity index (χ2n) is 4.21. The Bertz CT molecular complexity index is 848. The topological polar surface area (TPSA) is 30.7 Å². The van der Waals surface area contributed by atoms with Crippen LogP contribution in [0.25, 0.3) is 16.9 Å². The SMILES string of the molecule is Fc1cc(F)c(F)c(-n2c(CCl)nc3cc(Cl)cnc32)c1. The maximum Gasteiger partial charge on any atom is 0.183 e. The summed E-state index contributed by atoms with van der Waals surface area (Å²) in [6.07, 6.45) is 1.33. The van der Waals surface area contributed by atoms with Gasteiger partial charge in [-0.05, 0) is 6.07 Å². The summed E-state index contributed by atoms with van der Waals surface area (Å²) in [5, 5.41) is 0.333. The molecule has 0 aliphatic heterocycles. The molecule has 0 unspecified atom stereocenters. The Morgan fingerprint density at radius 3 is 2.62 bits per heavy atom. The van der Waals surface area contributed by atoms with Crippen LogP contribution in [0.15, 0.2) is 24.4 Å². The summed E-state index contributed by atoms with van der Waals surface area (Å²) in [5.41, 5.74) is 0.210. The summed E-state index contributed by atoms with van der Waals surface area (Å²) in [7, 11) is 0. The number of pyridine rings is 1. The molecule has 0 atom stereocenters. The Morgan fingerprint density at radius 1 is 1.14 bits per heavy atom. The first kappa shape index (κ1) is 14.2. The number of nitrogens with zero attached hydrogens (tertiary/aromatic N) is 3. The molecule has 2 aromatic heterocycles. The molecule has 0 saturated carbocycles. The van der Waals surface area contributed by atoms with E-state index in [4.69, 9.17) is 23.2 Å². The standard InChI is InChI=1S/C13H6Cl2F3N3/c14-4-11-20-9-1-6(15)5-19-13(9)21(11)10-3-7(16)2-8(17)12(10)18/h1-3,5H,4H2. The van der Waals surface area contributed by atoms with Gasteiger partial charge in [0.05, 0.1) is 16.6 Å². The van der Waals surface area contributed by atoms with Gasteiger partial charge in [-0.25, -0.2) is 23.1 Å². The van der Waals surface area contributed by atoms with Crippen molar-refractivity contribution in [2.75, 3.05) is 0 Å². The van der Waals surface area contributed by atoms with E-state index in [1.165, 1.54) is 16.8 Å². The number of imidazole rings is 1. The van der Waals surface area contributed by atoms with E-state index in [1.54, 1.807) is 0 Å². The number of aromatic nitrogens is 3. The fraction of sp³-hybridized carbons (Fsp3) is 0.0769. The van der Waals surface area contributed by atoms with Crippen LogP contribution in [0, 0.1) is 17.5 Å². The van der Waals surface area contributed by atoms with Crippen LogP contribution in [-0.4, -0.2) is 14.5 Å². The smallest absolute Gasteiger partial charge is 0.183 e. The number of hydrogen-bond acceptors (Lipinski definition) is 2. The molecule has 3 nitrogen and oxygen atoms in total. The monoisotopic (exact) mass is 331 g/mol. The predicted molar refractivity (Wildman–Crippen MR) is 73.3 cm³/mol. The number of rotatable bonds is 2. The zero-order chi connectivity index (χ0) is 15.1. The summed E-state index contributed by atoms with van der Waals surface area (Å²) < 4.78 is 41.9. The molecule has 0 amide bonds. The zero-order valence-corrected chi connectivity index (χ0v) is 11.8. The molecule has 0 aliphatic carbocycles. The van der Waals surface area contributed by atoms with Gasteiger partial charge >= 0.3 is 0 Å². The number of halogens is 5. The van der Waals surface area contributed by atoms with Crippen LogP contribution >= 0.6 is 23.2 Å². The van der Waals surface area contributed by atoms with Crippen molar-refractivity contribution in [1.82, 2.24) is 14.5 Å². The van der Waals surface area contributed by atoms with E-state index in [9.17, 15) is 13.2 Å². The summed E-state index contributed by atoms with van der Waals surface area (Å²) in [6.45, 7) is 0. The average molecular weight is 332 g/mol. The number of alkyl halides is 1. The molecule has 3 aromatic rings. The molecule has 0 saturated heterocycles. The van der Waals surface area contributed by atoms with Crippen LogP contribution in [0.3, 0.4) is 0 Å². The molecular formula is C13H6Cl2F3N3. The fourth-order valence-electron chi connectivity index (χ4n) is 2.04. The minimum absolute atomic E-state index is 0.0917. The van der Waals surface area contributed by atoms with Crippen molar-refractivity contribution >= 4 is 34.4 Å². The molecular weight excluding hydrogens is 326 g/mol. The van der Waals surface area contributed by atoms with Crippen LogP contribution in [0.5, 0.6) is 0 Å². The first-order chi connectivity index (χ1) is 10.0. The van der Waals surface area contributed by atoms with E-state index in [0.717, 1.165) is 6.07 Å². The normalized spacial score (nSPS) is 11.3. The van der Waals surface area contributed by atoms with E-state index in [1.807, 2.05) is 0 Å². The van der Waals surface area contributed by atoms with Crippen LogP contribution in [0.2, 0.25) is 5.02 Å². The largest absolute Gasteiger partial charge is 0.276 e. The van der Waals surface area contributed by atoms with Crippen molar-refractivity contribution in [3.63, 3.8) is 0 Å². The number of fused-ring (bicyclic) bond motifs is 1. The Kier molecular flexibility index (Phi) is 3.51. The summed E-state index contributed by atoms with van der Waals surface area (Å²) in [5.74, 6) is -3.32. The highest BCUT2D eigenvalue weighted by Crippen LogP contribution is 2.26. The maximum absolute atomic E-state index is 14.0. The fourth-order valence-corrected chi connectivity index (χ4v) is 2.37. The van der Waals surface area contributed by atoms with E-state index in [-0.39, 0.29) is 23.0 Å². The van der Waals surface area contributed by atoms with Crippen molar-refractivity contribution in [3.8, 4) is 5.69 Å². The summed E-state index contributed by atoms with van der Waals surface area (Å²) >= 11 is 11.6. The Hall–Kier alpha value is -1.79. The van der Waals surface area contributed by atoms with Gasteiger partial charge in [0.1, 0.15) is 17.2 Å². The molecule has 108 valence electrons. The van der Waals surface area contributed by atoms with E-state index < -0.39 is 17.5 Å². The number of benzene rings is 1. The second kappa shape index (κ2) is 5.20. The highest BCUT2D eigenvalue weighted by molar-refractivity contribution is 6.31. The summed E-state index contributed by atoms with van der Waals surface area (Å²) in [4.78, 5) is 8.17. The van der Waals surface area contributed by atoms with Gasteiger partial charge in [0.25, 0.3) is 0 Å². The van der Waals surface area contributed by atoms with Gasteiger partial charge in [0.2, 0.25) is 0 Å². The van der Waals surface area contributed by atoms with Crippen LogP contribution in [0.4, 0.5) is 13.2 Å². The minimum atomic E-state index is -1.30. The molecule has 3 rings (SSSR count). The quantitative estimate of drug-likeness (QED) is 0.519. The maximum atomic E-state index is 14.0. The lowest BCUT2D eigenvalue weighted by molar-refractivity contribution is 0.490. The first-order valence-electron chi connectivity index (χ1n) is 5.75. The molecule has 0 bridgehead atoms. The lowest BCUT2D eigenvalue weighted by atomic mass is 10.2. The predicted octanol–water partition coefficient (Wildman–Crippen LogP) is 4.23. The zero-order valence-electron chi connectivity index (χ0n) is 10.2. The first-order valence-corrected chi connectivity index (χ1v) is 6.66. The molecule has 0 N–H and O–H groups in total. The molecule has 0 aliphatic rings. The summed E-state index contributed by atoms with van der Waals surface area (Å²) in [6, 6.07) is 2.82. The van der Waals surface area contributed by atoms with Gasteiger partial charge < -0.3 is 0 Å². The van der Waals surface area contributed by atoms with Crippen LogP contribution in [0.1, 0.15) is 5.82 Å². The van der Waals surface area contributed by atoms with E-state index >= 15 is 0 Å². The third kappa shape index (κ3) is 2.34. The Balaban J connectivity index is 2.39. The molecule has 21 heavy (non-hydrogen) atoms. The van der Waals surface area contributed by atoms with Crippen molar-refractivity contribution in [2.45, 2.75) is 5.88 Å². The van der Waals surface area contributed by atoms with Crippen molar-refractivity contribution in [1.29, 1.82) is 0 Å². The molecule has 0 radical (unpaired) electrons. The Labute approximate surface area is 126 Å². The number of hydrogen-bond donors (Lipinski definition) is 0. The van der Waals surface area contributed by atoms with Gasteiger partial charge in [-0.2, -0.15) is 0 Å². The van der Waals surface area contributed by atoms with E-state index in [0.29, 0.717) is 16.6 Å². The van der Waals surface area contributed by atoms with Crippen molar-refractivity contribution < 1.29 is 13.2 Å². The molecule has 1 aromatic carbocycles. The third-order valence-corrected chi connectivity index (χ3v) is 3.31. The molecule has 2 heterocycles. The van der Waals surface area contributed by atoms with Gasteiger partial charge in [-0.3, -0.25) is 4.57 Å². The van der Waals surface area contributed by atoms with Gasteiger partial charge in [0.15, 0.2) is 17.3 Å². The average Bonchev–Trinajstić information content (AvgIpc) is 2.80. The lowest BCUT2D eigenvalue weighted by Gasteiger charge is -2.09. The van der Waals surface area contributed by atoms with Gasteiger partial charge in [0, 0.05) is 18.3 Å². The highest BCUT2D eigenvalue weighted by Gasteiger charge is 2.19. The van der Waals surface area contributed by atoms with Crippen molar-refractivity contribution in [2.24, 2.45) is 0 Å². The van der Waals surface area contributed by atoms with Crippen LogP contribution < -0.4 is 0 Å². The Morgan fingerprint density at radius 2 is 1.90 bits per heavy atom. The highest BCUT2D eigenvalue weighted by atomic mass is 35.5. The lowest BCUT2D eigenvalue weighted by Crippen LogP contribution is -2.05.